The molecule has 4 nitrogen and oxygen atoms in total. The molecule has 0 saturated carbocycles. The molecule has 0 fully saturated rings. The van der Waals surface area contributed by atoms with Gasteiger partial charge in [0, 0.05) is 23.6 Å². The third-order valence-corrected chi connectivity index (χ3v) is 5.88. The van der Waals surface area contributed by atoms with Crippen molar-refractivity contribution >= 4 is 27.5 Å². The van der Waals surface area contributed by atoms with Crippen LogP contribution >= 0.6 is 11.8 Å². The van der Waals surface area contributed by atoms with E-state index in [1.807, 2.05) is 30.3 Å². The number of thioether (sulfide) groups is 1. The molecule has 0 unspecified atom stereocenters. The number of benzene rings is 2. The molecular weight excluding hydrogens is 330 g/mol. The third kappa shape index (κ3) is 6.08. The van der Waals surface area contributed by atoms with Crippen molar-refractivity contribution in [2.24, 2.45) is 0 Å². The van der Waals surface area contributed by atoms with Gasteiger partial charge in [0.15, 0.2) is 9.84 Å². The van der Waals surface area contributed by atoms with Gasteiger partial charge in [-0.2, -0.15) is 0 Å². The Morgan fingerprint density at radius 1 is 0.957 bits per heavy atom. The quantitative estimate of drug-likeness (QED) is 0.588. The summed E-state index contributed by atoms with van der Waals surface area (Å²) in [7, 11) is -3.39. The van der Waals surface area contributed by atoms with Gasteiger partial charge in [-0.15, -0.1) is 11.8 Å². The molecule has 6 heteroatoms. The maximum absolute atomic E-state index is 12.1. The van der Waals surface area contributed by atoms with Gasteiger partial charge in [0.1, 0.15) is 0 Å². The molecule has 2 aromatic rings. The average molecular weight is 349 g/mol. The Labute approximate surface area is 141 Å². The summed E-state index contributed by atoms with van der Waals surface area (Å²) < 4.78 is 24.1. The summed E-state index contributed by atoms with van der Waals surface area (Å²) in [4.78, 5) is 13.2. The van der Waals surface area contributed by atoms with Crippen LogP contribution in [0, 0.1) is 0 Å². The molecule has 0 aromatic heterocycles. The van der Waals surface area contributed by atoms with E-state index in [1.54, 1.807) is 42.1 Å². The molecule has 0 heterocycles. The van der Waals surface area contributed by atoms with E-state index in [1.165, 1.54) is 0 Å². The van der Waals surface area contributed by atoms with E-state index in [0.29, 0.717) is 6.54 Å². The third-order valence-electron chi connectivity index (χ3n) is 3.14. The molecule has 1 N–H and O–H groups in total. The van der Waals surface area contributed by atoms with Crippen molar-refractivity contribution in [3.8, 4) is 0 Å². The Bertz CT molecular complexity index is 716. The first-order valence-electron chi connectivity index (χ1n) is 7.30. The molecule has 0 bridgehead atoms. The lowest BCUT2D eigenvalue weighted by Gasteiger charge is -2.06. The van der Waals surface area contributed by atoms with Gasteiger partial charge in [0.2, 0.25) is 5.91 Å². The van der Waals surface area contributed by atoms with E-state index in [9.17, 15) is 13.2 Å². The second-order valence-electron chi connectivity index (χ2n) is 4.89. The topological polar surface area (TPSA) is 63.2 Å². The highest BCUT2D eigenvalue weighted by Gasteiger charge is 2.15. The number of hydrogen-bond donors (Lipinski definition) is 1. The van der Waals surface area contributed by atoms with Gasteiger partial charge in [-0.1, -0.05) is 36.4 Å². The standard InChI is InChI=1S/C17H19NO3S2/c19-17(18-12-13-22-15-7-3-1-4-8-15)11-14-23(20,21)16-9-5-2-6-10-16/h1-10H,11-14H2,(H,18,19). The fourth-order valence-electron chi connectivity index (χ4n) is 1.94. The first kappa shape index (κ1) is 17.6. The van der Waals surface area contributed by atoms with Crippen LogP contribution in [-0.4, -0.2) is 32.4 Å². The maximum Gasteiger partial charge on any atom is 0.221 e. The van der Waals surface area contributed by atoms with Crippen molar-refractivity contribution in [3.05, 3.63) is 60.7 Å². The van der Waals surface area contributed by atoms with Crippen molar-refractivity contribution in [1.29, 1.82) is 0 Å². The lowest BCUT2D eigenvalue weighted by atomic mass is 10.4. The van der Waals surface area contributed by atoms with Crippen LogP contribution in [0.4, 0.5) is 0 Å². The van der Waals surface area contributed by atoms with Gasteiger partial charge in [-0.25, -0.2) is 8.42 Å². The minimum Gasteiger partial charge on any atom is -0.355 e. The SMILES string of the molecule is O=C(CCS(=O)(=O)c1ccccc1)NCCSc1ccccc1. The van der Waals surface area contributed by atoms with Crippen molar-refractivity contribution in [3.63, 3.8) is 0 Å². The molecular formula is C17H19NO3S2. The van der Waals surface area contributed by atoms with E-state index in [0.717, 1.165) is 10.6 Å². The van der Waals surface area contributed by atoms with Crippen molar-refractivity contribution in [2.75, 3.05) is 18.1 Å². The molecule has 0 spiro atoms. The van der Waals surface area contributed by atoms with Crippen molar-refractivity contribution < 1.29 is 13.2 Å². The van der Waals surface area contributed by atoms with E-state index in [-0.39, 0.29) is 23.0 Å². The van der Waals surface area contributed by atoms with E-state index < -0.39 is 9.84 Å². The molecule has 0 saturated heterocycles. The normalized spacial score (nSPS) is 11.1. The van der Waals surface area contributed by atoms with Gasteiger partial charge in [0.25, 0.3) is 0 Å². The zero-order valence-electron chi connectivity index (χ0n) is 12.6. The summed E-state index contributed by atoms with van der Waals surface area (Å²) in [6, 6.07) is 18.1. The van der Waals surface area contributed by atoms with Crippen molar-refractivity contribution in [1.82, 2.24) is 5.32 Å². The first-order valence-corrected chi connectivity index (χ1v) is 9.94. The number of carbonyl (C=O) groups excluding carboxylic acids is 1. The fraction of sp³-hybridized carbons (Fsp3) is 0.235. The van der Waals surface area contributed by atoms with Crippen LogP contribution in [0.5, 0.6) is 0 Å². The predicted molar refractivity (Wildman–Crippen MR) is 93.3 cm³/mol. The fourth-order valence-corrected chi connectivity index (χ4v) is 3.99. The summed E-state index contributed by atoms with van der Waals surface area (Å²) >= 11 is 1.65. The summed E-state index contributed by atoms with van der Waals surface area (Å²) in [6.07, 6.45) is -0.0206. The van der Waals surface area contributed by atoms with Crippen LogP contribution in [0.25, 0.3) is 0 Å². The van der Waals surface area contributed by atoms with Crippen LogP contribution in [-0.2, 0) is 14.6 Å². The summed E-state index contributed by atoms with van der Waals surface area (Å²) in [5.74, 6) is 0.341. The van der Waals surface area contributed by atoms with Gasteiger partial charge < -0.3 is 5.32 Å². The lowest BCUT2D eigenvalue weighted by molar-refractivity contribution is -0.120. The molecule has 1 amide bonds. The first-order chi connectivity index (χ1) is 11.1. The highest BCUT2D eigenvalue weighted by molar-refractivity contribution is 7.99. The van der Waals surface area contributed by atoms with E-state index in [2.05, 4.69) is 5.32 Å². The van der Waals surface area contributed by atoms with Crippen LogP contribution in [0.3, 0.4) is 0 Å². The molecule has 2 rings (SSSR count). The number of hydrogen-bond acceptors (Lipinski definition) is 4. The van der Waals surface area contributed by atoms with Gasteiger partial charge in [-0.3, -0.25) is 4.79 Å². The van der Waals surface area contributed by atoms with E-state index >= 15 is 0 Å². The zero-order valence-corrected chi connectivity index (χ0v) is 14.3. The Morgan fingerprint density at radius 3 is 2.22 bits per heavy atom. The van der Waals surface area contributed by atoms with Crippen LogP contribution in [0.2, 0.25) is 0 Å². The number of rotatable bonds is 8. The number of amides is 1. The van der Waals surface area contributed by atoms with Crippen molar-refractivity contribution in [2.45, 2.75) is 16.2 Å². The Kier molecular flexibility index (Phi) is 6.67. The maximum atomic E-state index is 12.1. The molecule has 122 valence electrons. The molecule has 0 radical (unpaired) electrons. The average Bonchev–Trinajstić information content (AvgIpc) is 2.59. The Balaban J connectivity index is 1.69. The largest absolute Gasteiger partial charge is 0.355 e. The molecule has 0 aliphatic carbocycles. The number of nitrogens with one attached hydrogen (secondary N) is 1. The predicted octanol–water partition coefficient (Wildman–Crippen LogP) is 2.76. The van der Waals surface area contributed by atoms with Gasteiger partial charge >= 0.3 is 0 Å². The van der Waals surface area contributed by atoms with Crippen LogP contribution in [0.1, 0.15) is 6.42 Å². The highest BCUT2D eigenvalue weighted by atomic mass is 32.2. The summed E-state index contributed by atoms with van der Waals surface area (Å²) in [5.41, 5.74) is 0. The minimum atomic E-state index is -3.39. The summed E-state index contributed by atoms with van der Waals surface area (Å²) in [6.45, 7) is 0.518. The second-order valence-corrected chi connectivity index (χ2v) is 8.17. The summed E-state index contributed by atoms with van der Waals surface area (Å²) in [5, 5.41) is 2.75. The number of carbonyl (C=O) groups is 1. The molecule has 0 atom stereocenters. The molecule has 23 heavy (non-hydrogen) atoms. The highest BCUT2D eigenvalue weighted by Crippen LogP contribution is 2.15. The molecule has 2 aromatic carbocycles. The van der Waals surface area contributed by atoms with Crippen LogP contribution in [0.15, 0.2) is 70.5 Å². The smallest absolute Gasteiger partial charge is 0.221 e. The molecule has 0 aliphatic rings. The Hall–Kier alpha value is -1.79. The minimum absolute atomic E-state index is 0.0206. The Morgan fingerprint density at radius 2 is 1.57 bits per heavy atom. The lowest BCUT2D eigenvalue weighted by Crippen LogP contribution is -2.27. The molecule has 0 aliphatic heterocycles. The second kappa shape index (κ2) is 8.74. The van der Waals surface area contributed by atoms with E-state index in [4.69, 9.17) is 0 Å². The monoisotopic (exact) mass is 349 g/mol. The van der Waals surface area contributed by atoms with Gasteiger partial charge in [-0.05, 0) is 24.3 Å². The van der Waals surface area contributed by atoms with Crippen LogP contribution < -0.4 is 5.32 Å². The van der Waals surface area contributed by atoms with Gasteiger partial charge in [0.05, 0.1) is 10.6 Å². The zero-order chi connectivity index (χ0) is 16.5. The number of sulfone groups is 1.